The maximum atomic E-state index is 11.1. The van der Waals surface area contributed by atoms with Crippen LogP contribution in [0.2, 0.25) is 0 Å². The third kappa shape index (κ3) is 2.02. The summed E-state index contributed by atoms with van der Waals surface area (Å²) in [7, 11) is -3.35. The van der Waals surface area contributed by atoms with Crippen molar-refractivity contribution in [1.29, 1.82) is 0 Å². The largest absolute Gasteiger partial charge is 0.297 e. The third-order valence-electron chi connectivity index (χ3n) is 1.57. The summed E-state index contributed by atoms with van der Waals surface area (Å²) in [6.07, 6.45) is 1.30. The molecule has 1 atom stereocenters. The zero-order valence-electron chi connectivity index (χ0n) is 6.72. The van der Waals surface area contributed by atoms with Crippen LogP contribution in [0.1, 0.15) is 20.3 Å². The van der Waals surface area contributed by atoms with E-state index in [9.17, 15) is 13.2 Å². The quantitative estimate of drug-likeness (QED) is 0.698. The van der Waals surface area contributed by atoms with Crippen LogP contribution in [0, 0.1) is 0 Å². The molecule has 0 aliphatic carbocycles. The Morgan fingerprint density at radius 3 is 1.91 bits per heavy atom. The van der Waals surface area contributed by atoms with Crippen LogP contribution in [-0.2, 0) is 14.6 Å². The van der Waals surface area contributed by atoms with Crippen LogP contribution in [0.3, 0.4) is 0 Å². The average molecular weight is 243 g/mol. The molecule has 5 heteroatoms. The van der Waals surface area contributed by atoms with Gasteiger partial charge >= 0.3 is 0 Å². The van der Waals surface area contributed by atoms with E-state index in [4.69, 9.17) is 0 Å². The van der Waals surface area contributed by atoms with Crippen molar-refractivity contribution in [3.05, 3.63) is 0 Å². The molecule has 11 heavy (non-hydrogen) atoms. The van der Waals surface area contributed by atoms with Gasteiger partial charge in [0.25, 0.3) is 0 Å². The van der Waals surface area contributed by atoms with E-state index in [1.165, 1.54) is 6.92 Å². The number of ketones is 1. The highest BCUT2D eigenvalue weighted by atomic mass is 79.9. The minimum absolute atomic E-state index is 0.251. The molecule has 0 amide bonds. The number of rotatable bonds is 3. The number of sulfone groups is 1. The van der Waals surface area contributed by atoms with Gasteiger partial charge in [-0.05, 0) is 13.3 Å². The summed E-state index contributed by atoms with van der Waals surface area (Å²) in [5, 5.41) is 0. The number of Topliss-reactive ketones (excluding diaryl/α,β-unsaturated/α-hetero) is 1. The smallest absolute Gasteiger partial charge is 0.183 e. The van der Waals surface area contributed by atoms with Gasteiger partial charge in [-0.15, -0.1) is 0 Å². The second kappa shape index (κ2) is 3.23. The lowest BCUT2D eigenvalue weighted by Crippen LogP contribution is -2.37. The Hall–Kier alpha value is 0.1000. The molecule has 0 aliphatic heterocycles. The summed E-state index contributed by atoms with van der Waals surface area (Å²) in [6, 6.07) is 0. The lowest BCUT2D eigenvalue weighted by atomic mass is 10.2. The van der Waals surface area contributed by atoms with Gasteiger partial charge in [0, 0.05) is 6.26 Å². The summed E-state index contributed by atoms with van der Waals surface area (Å²) in [4.78, 5) is 10.9. The van der Waals surface area contributed by atoms with Crippen molar-refractivity contribution >= 4 is 31.6 Å². The molecule has 0 saturated carbocycles. The van der Waals surface area contributed by atoms with Gasteiger partial charge in [-0.3, -0.25) is 4.79 Å². The van der Waals surface area contributed by atoms with Gasteiger partial charge in [-0.2, -0.15) is 0 Å². The number of hydrogen-bond acceptors (Lipinski definition) is 3. The van der Waals surface area contributed by atoms with E-state index in [1.807, 2.05) is 0 Å². The molecule has 0 aromatic heterocycles. The van der Waals surface area contributed by atoms with Gasteiger partial charge in [0.15, 0.2) is 19.3 Å². The molecule has 0 saturated heterocycles. The first kappa shape index (κ1) is 11.1. The van der Waals surface area contributed by atoms with E-state index in [1.54, 1.807) is 6.92 Å². The summed E-state index contributed by atoms with van der Waals surface area (Å²) in [5.74, 6) is -0.373. The number of carbonyl (C=O) groups is 1. The Kier molecular flexibility index (Phi) is 3.26. The van der Waals surface area contributed by atoms with Crippen LogP contribution >= 0.6 is 15.9 Å². The van der Waals surface area contributed by atoms with Crippen LogP contribution in [0.25, 0.3) is 0 Å². The monoisotopic (exact) mass is 242 g/mol. The van der Waals surface area contributed by atoms with Crippen molar-refractivity contribution in [2.45, 2.75) is 23.9 Å². The molecule has 0 fully saturated rings. The lowest BCUT2D eigenvalue weighted by Gasteiger charge is -2.19. The van der Waals surface area contributed by atoms with Gasteiger partial charge in [0.1, 0.15) is 0 Å². The van der Waals surface area contributed by atoms with Gasteiger partial charge in [0.2, 0.25) is 0 Å². The van der Waals surface area contributed by atoms with Crippen LogP contribution in [-0.4, -0.2) is 24.1 Å². The molecule has 66 valence electrons. The van der Waals surface area contributed by atoms with E-state index < -0.39 is 13.5 Å². The van der Waals surface area contributed by atoms with Crippen molar-refractivity contribution in [1.82, 2.24) is 0 Å². The van der Waals surface area contributed by atoms with Crippen molar-refractivity contribution < 1.29 is 13.2 Å². The summed E-state index contributed by atoms with van der Waals surface area (Å²) < 4.78 is 20.7. The Bertz CT molecular complexity index is 257. The molecule has 0 heterocycles. The normalized spacial score (nSPS) is 17.5. The van der Waals surface area contributed by atoms with Crippen molar-refractivity contribution in [3.8, 4) is 0 Å². The zero-order chi connectivity index (χ0) is 9.28. The number of alkyl halides is 1. The fourth-order valence-corrected chi connectivity index (χ4v) is 1.82. The molecule has 0 aliphatic rings. The van der Waals surface area contributed by atoms with E-state index in [2.05, 4.69) is 15.9 Å². The molecule has 0 spiro atoms. The van der Waals surface area contributed by atoms with Crippen molar-refractivity contribution in [2.75, 3.05) is 6.26 Å². The average Bonchev–Trinajstić information content (AvgIpc) is 1.83. The third-order valence-corrected chi connectivity index (χ3v) is 6.20. The fourth-order valence-electron chi connectivity index (χ4n) is 0.772. The highest BCUT2D eigenvalue weighted by Crippen LogP contribution is 2.29. The predicted molar refractivity (Wildman–Crippen MR) is 47.5 cm³/mol. The number of carbonyl (C=O) groups excluding carboxylic acids is 1. The maximum Gasteiger partial charge on any atom is 0.183 e. The Balaban J connectivity index is 5.09. The summed E-state index contributed by atoms with van der Waals surface area (Å²) in [5.41, 5.74) is 0. The van der Waals surface area contributed by atoms with Gasteiger partial charge in [-0.1, -0.05) is 22.9 Å². The van der Waals surface area contributed by atoms with E-state index >= 15 is 0 Å². The van der Waals surface area contributed by atoms with Crippen molar-refractivity contribution in [3.63, 3.8) is 0 Å². The second-order valence-corrected chi connectivity index (χ2v) is 6.53. The molecule has 3 nitrogen and oxygen atoms in total. The van der Waals surface area contributed by atoms with E-state index in [-0.39, 0.29) is 12.2 Å². The standard InChI is InChI=1S/C6H11BrO3S/c1-4-6(7,5(2)8)11(3,9)10/h4H2,1-3H3/t6-/m0/s1. The minimum atomic E-state index is -3.35. The summed E-state index contributed by atoms with van der Waals surface area (Å²) >= 11 is 2.93. The predicted octanol–water partition coefficient (Wildman–Crippen LogP) is 1.12. The van der Waals surface area contributed by atoms with Crippen LogP contribution in [0.15, 0.2) is 0 Å². The van der Waals surface area contributed by atoms with E-state index in [0.29, 0.717) is 0 Å². The SMILES string of the molecule is CC[C@@](Br)(C(C)=O)S(C)(=O)=O. The number of hydrogen-bond donors (Lipinski definition) is 0. The zero-order valence-corrected chi connectivity index (χ0v) is 9.12. The Morgan fingerprint density at radius 1 is 1.55 bits per heavy atom. The van der Waals surface area contributed by atoms with Crippen molar-refractivity contribution in [2.24, 2.45) is 0 Å². The highest BCUT2D eigenvalue weighted by Gasteiger charge is 2.40. The summed E-state index contributed by atoms with van der Waals surface area (Å²) in [6.45, 7) is 2.91. The van der Waals surface area contributed by atoms with Gasteiger partial charge in [-0.25, -0.2) is 8.42 Å². The van der Waals surface area contributed by atoms with Crippen LogP contribution < -0.4 is 0 Å². The van der Waals surface area contributed by atoms with E-state index in [0.717, 1.165) is 6.26 Å². The molecule has 0 aromatic rings. The fraction of sp³-hybridized carbons (Fsp3) is 0.833. The first-order valence-electron chi connectivity index (χ1n) is 3.15. The lowest BCUT2D eigenvalue weighted by molar-refractivity contribution is -0.117. The maximum absolute atomic E-state index is 11.1. The Morgan fingerprint density at radius 2 is 1.91 bits per heavy atom. The molecule has 0 rings (SSSR count). The number of halogens is 1. The first-order valence-corrected chi connectivity index (χ1v) is 5.83. The van der Waals surface area contributed by atoms with Gasteiger partial charge < -0.3 is 0 Å². The molecule has 0 aromatic carbocycles. The molecule has 0 unspecified atom stereocenters. The molecular formula is C6H11BrO3S. The molecule has 0 N–H and O–H groups in total. The molecule has 0 radical (unpaired) electrons. The second-order valence-electron chi connectivity index (χ2n) is 2.41. The molecule has 0 bridgehead atoms. The van der Waals surface area contributed by atoms with Crippen LogP contribution in [0.5, 0.6) is 0 Å². The molecular weight excluding hydrogens is 232 g/mol. The van der Waals surface area contributed by atoms with Crippen LogP contribution in [0.4, 0.5) is 0 Å². The Labute approximate surface area is 75.2 Å². The minimum Gasteiger partial charge on any atom is -0.297 e. The first-order chi connectivity index (χ1) is 4.75. The topological polar surface area (TPSA) is 51.2 Å². The van der Waals surface area contributed by atoms with Gasteiger partial charge in [0.05, 0.1) is 0 Å². The highest BCUT2D eigenvalue weighted by molar-refractivity contribution is 9.12.